The minimum atomic E-state index is -4.70. The second kappa shape index (κ2) is 24.1. The Kier molecular flexibility index (Phi) is 19.7. The van der Waals surface area contributed by atoms with Gasteiger partial charge >= 0.3 is 12.7 Å². The first-order valence-corrected chi connectivity index (χ1v) is 18.8. The van der Waals surface area contributed by atoms with Gasteiger partial charge in [0.05, 0.1) is 6.54 Å². The smallest absolute Gasteiger partial charge is 0.406 e. The van der Waals surface area contributed by atoms with Gasteiger partial charge in [-0.3, -0.25) is 0 Å². The van der Waals surface area contributed by atoms with Crippen molar-refractivity contribution in [2.75, 3.05) is 47.2 Å². The van der Waals surface area contributed by atoms with Crippen LogP contribution in [0.5, 0.6) is 11.5 Å². The molecule has 0 radical (unpaired) electrons. The highest BCUT2D eigenvalue weighted by molar-refractivity contribution is 6.17. The van der Waals surface area contributed by atoms with Gasteiger partial charge in [-0.2, -0.15) is 10.0 Å². The highest BCUT2D eigenvalue weighted by atomic mass is 35.5. The zero-order valence-corrected chi connectivity index (χ0v) is 34.9. The molecule has 60 heavy (non-hydrogen) atoms. The molecule has 6 rings (SSSR count). The number of alkyl halides is 7. The van der Waals surface area contributed by atoms with E-state index in [1.54, 1.807) is 29.1 Å². The van der Waals surface area contributed by atoms with Gasteiger partial charge in [-0.15, -0.1) is 70.7 Å². The lowest BCUT2D eigenvalue weighted by Gasteiger charge is -2.10. The Balaban J connectivity index is 0.000000277. The summed E-state index contributed by atoms with van der Waals surface area (Å²) in [5.74, 6) is 1.29. The van der Waals surface area contributed by atoms with E-state index in [0.717, 1.165) is 65.2 Å². The number of rotatable bonds is 15. The summed E-state index contributed by atoms with van der Waals surface area (Å²) in [6.45, 7) is 2.71. The number of benzene rings is 4. The molecule has 0 aliphatic heterocycles. The predicted octanol–water partition coefficient (Wildman–Crippen LogP) is 8.74. The van der Waals surface area contributed by atoms with Crippen molar-refractivity contribution in [2.45, 2.75) is 45.0 Å². The second-order valence-electron chi connectivity index (χ2n) is 13.5. The minimum Gasteiger partial charge on any atom is -0.406 e. The molecule has 1 N–H and O–H groups in total. The van der Waals surface area contributed by atoms with Crippen LogP contribution in [0.4, 0.5) is 26.3 Å². The molecule has 0 amide bonds. The van der Waals surface area contributed by atoms with E-state index in [1.807, 2.05) is 76.7 Å². The summed E-state index contributed by atoms with van der Waals surface area (Å²) in [5, 5.41) is 26.6. The van der Waals surface area contributed by atoms with Crippen molar-refractivity contribution in [2.24, 2.45) is 0 Å². The Hall–Kier alpha value is -5.30. The zero-order chi connectivity index (χ0) is 42.8. The Morgan fingerprint density at radius 1 is 0.633 bits per heavy atom. The van der Waals surface area contributed by atoms with E-state index < -0.39 is 12.7 Å². The highest BCUT2D eigenvalue weighted by Gasteiger charge is 2.31. The van der Waals surface area contributed by atoms with Crippen LogP contribution in [-0.2, 0) is 19.4 Å². The molecule has 0 bridgehead atoms. The number of aryl methyl sites for hydroxylation is 1. The van der Waals surface area contributed by atoms with Crippen molar-refractivity contribution >= 4 is 24.0 Å². The predicted molar refractivity (Wildman–Crippen MR) is 219 cm³/mol. The number of nitrogens with zero attached hydrogens (tertiary/aromatic N) is 9. The third-order valence-corrected chi connectivity index (χ3v) is 8.39. The maximum Gasteiger partial charge on any atom is 0.573 e. The first-order chi connectivity index (χ1) is 28.1. The molecule has 0 saturated heterocycles. The maximum atomic E-state index is 12.3. The third-order valence-electron chi connectivity index (χ3n) is 8.12. The fraction of sp³-hybridized carbons (Fsp3) is 0.350. The van der Waals surface area contributed by atoms with Gasteiger partial charge in [0.25, 0.3) is 0 Å². The summed E-state index contributed by atoms with van der Waals surface area (Å²) < 4.78 is 81.1. The molecule has 20 heteroatoms. The fourth-order valence-electron chi connectivity index (χ4n) is 5.47. The number of aromatic nitrogens is 8. The molecule has 0 unspecified atom stereocenters. The van der Waals surface area contributed by atoms with E-state index in [2.05, 4.69) is 55.3 Å². The highest BCUT2D eigenvalue weighted by Crippen LogP contribution is 2.27. The topological polar surface area (TPSA) is 123 Å². The molecule has 0 fully saturated rings. The van der Waals surface area contributed by atoms with Crippen molar-refractivity contribution in [1.29, 1.82) is 0 Å². The average Bonchev–Trinajstić information content (AvgIpc) is 3.89. The second-order valence-corrected chi connectivity index (χ2v) is 13.9. The summed E-state index contributed by atoms with van der Waals surface area (Å²) in [6.07, 6.45) is -6.33. The molecular weight excluding hydrogens is 837 g/mol. The number of hydrogen-bond donors (Lipinski definition) is 1. The van der Waals surface area contributed by atoms with Crippen LogP contribution in [0.25, 0.3) is 22.8 Å². The van der Waals surface area contributed by atoms with E-state index in [-0.39, 0.29) is 23.9 Å². The largest absolute Gasteiger partial charge is 0.573 e. The first kappa shape index (κ1) is 49.1. The lowest BCUT2D eigenvalue weighted by Crippen LogP contribution is -2.17. The van der Waals surface area contributed by atoms with Gasteiger partial charge in [-0.05, 0) is 124 Å². The summed E-state index contributed by atoms with van der Waals surface area (Å²) in [4.78, 5) is 5.80. The lowest BCUT2D eigenvalue weighted by atomic mass is 9.99. The number of tetrazole rings is 2. The van der Waals surface area contributed by atoms with E-state index in [0.29, 0.717) is 31.0 Å². The third kappa shape index (κ3) is 17.9. The van der Waals surface area contributed by atoms with Crippen LogP contribution in [0.1, 0.15) is 35.1 Å². The van der Waals surface area contributed by atoms with Gasteiger partial charge in [0.15, 0.2) is 0 Å². The average molecular weight is 884 g/mol. The van der Waals surface area contributed by atoms with Crippen molar-refractivity contribution in [3.05, 3.63) is 119 Å². The van der Waals surface area contributed by atoms with Crippen LogP contribution in [0, 0.1) is 0 Å². The number of H-pyrrole nitrogens is 1. The summed E-state index contributed by atoms with van der Waals surface area (Å²) >= 11 is 5.42. The van der Waals surface area contributed by atoms with Crippen molar-refractivity contribution in [3.8, 4) is 34.3 Å². The standard InChI is InChI=1S/C20H22F3N5O.C15H11F3N4O.C5H12ClN.ClH/c1-27(2)12-5-13-28-25-19(24-26-28)18-7-4-3-6-16(18)14-15-8-10-17(11-9-15)29-20(21,22)23;16-15(17,18)23-12-7-5-10(6-8-12)9-11-3-1-2-4-13(11)14-19-21-22-20-14;1-7(2)5-3-4-6;/h3-4,6-11H,5,12-14H2,1-2H3;1-8H,9H2,(H,19,20,21,22);3-5H2,1-2H3;1H. The van der Waals surface area contributed by atoms with Crippen LogP contribution in [-0.4, -0.2) is 111 Å². The number of aromatic amines is 1. The van der Waals surface area contributed by atoms with Gasteiger partial charge in [0, 0.05) is 17.0 Å². The van der Waals surface area contributed by atoms with Gasteiger partial charge in [-0.25, -0.2) is 0 Å². The number of ether oxygens (including phenoxy) is 2. The summed E-state index contributed by atoms with van der Waals surface area (Å²) in [7, 11) is 8.12. The van der Waals surface area contributed by atoms with E-state index >= 15 is 0 Å². The molecule has 4 aromatic carbocycles. The van der Waals surface area contributed by atoms with Crippen LogP contribution in [0.2, 0.25) is 0 Å². The van der Waals surface area contributed by atoms with E-state index in [9.17, 15) is 26.3 Å². The number of hydrogen-bond acceptors (Lipinski definition) is 10. The Labute approximate surface area is 355 Å². The molecule has 12 nitrogen and oxygen atoms in total. The molecular formula is C40H46Cl2F6N10O2. The number of nitrogens with one attached hydrogen (secondary N) is 1. The van der Waals surface area contributed by atoms with Crippen molar-refractivity contribution in [3.63, 3.8) is 0 Å². The Bertz CT molecular complexity index is 2100. The van der Waals surface area contributed by atoms with Gasteiger partial charge in [-0.1, -0.05) is 72.8 Å². The minimum absolute atomic E-state index is 0. The molecule has 324 valence electrons. The molecule has 0 aliphatic rings. The fourth-order valence-corrected chi connectivity index (χ4v) is 5.59. The molecule has 0 saturated carbocycles. The SMILES string of the molecule is CN(C)CCCCl.CN(C)CCCn1nnc(-c2ccccc2Cc2ccc(OC(F)(F)F)cc2)n1.Cl.FC(F)(F)Oc1ccc(Cc2ccccc2-c2nn[nH]n2)cc1. The van der Waals surface area contributed by atoms with Crippen LogP contribution < -0.4 is 9.47 Å². The van der Waals surface area contributed by atoms with E-state index in [4.69, 9.17) is 11.6 Å². The van der Waals surface area contributed by atoms with Gasteiger partial charge in [0.1, 0.15) is 11.5 Å². The van der Waals surface area contributed by atoms with Crippen molar-refractivity contribution < 1.29 is 35.8 Å². The molecule has 2 aromatic heterocycles. The molecule has 6 aromatic rings. The van der Waals surface area contributed by atoms with Gasteiger partial charge in [0.2, 0.25) is 11.6 Å². The lowest BCUT2D eigenvalue weighted by molar-refractivity contribution is -0.275. The monoisotopic (exact) mass is 882 g/mol. The van der Waals surface area contributed by atoms with Crippen molar-refractivity contribution in [1.82, 2.24) is 50.6 Å². The van der Waals surface area contributed by atoms with E-state index in [1.165, 1.54) is 24.3 Å². The normalized spacial score (nSPS) is 11.3. The molecule has 2 heterocycles. The number of halogens is 8. The maximum absolute atomic E-state index is 12.3. The van der Waals surface area contributed by atoms with Crippen LogP contribution in [0.15, 0.2) is 97.1 Å². The Morgan fingerprint density at radius 3 is 1.52 bits per heavy atom. The first-order valence-electron chi connectivity index (χ1n) is 18.3. The quantitative estimate of drug-likeness (QED) is 0.0792. The summed E-state index contributed by atoms with van der Waals surface area (Å²) in [6, 6.07) is 26.8. The van der Waals surface area contributed by atoms with Crippen LogP contribution in [0.3, 0.4) is 0 Å². The molecule has 0 spiro atoms. The molecule has 0 aliphatic carbocycles. The van der Waals surface area contributed by atoms with Crippen LogP contribution >= 0.6 is 24.0 Å². The molecule has 0 atom stereocenters. The Morgan fingerprint density at radius 2 is 1.10 bits per heavy atom. The van der Waals surface area contributed by atoms with Gasteiger partial charge < -0.3 is 19.3 Å². The zero-order valence-electron chi connectivity index (χ0n) is 33.3. The summed E-state index contributed by atoms with van der Waals surface area (Å²) in [5.41, 5.74) is 5.27.